The van der Waals surface area contributed by atoms with Crippen LogP contribution in [0.25, 0.3) is 10.8 Å². The molecule has 2 heteroatoms. The number of nitrogens with two attached hydrogens (primary N) is 2. The van der Waals surface area contributed by atoms with Crippen molar-refractivity contribution in [1.82, 2.24) is 0 Å². The van der Waals surface area contributed by atoms with E-state index in [1.54, 1.807) is 0 Å². The molecule has 0 bridgehead atoms. The SMILES string of the molecule is Cc1ccc(C)c2cc(N)c(N)cc12. The van der Waals surface area contributed by atoms with Crippen LogP contribution in [-0.4, -0.2) is 0 Å². The summed E-state index contributed by atoms with van der Waals surface area (Å²) in [6.07, 6.45) is 0. The van der Waals surface area contributed by atoms with Crippen molar-refractivity contribution < 1.29 is 0 Å². The van der Waals surface area contributed by atoms with E-state index in [2.05, 4.69) is 26.0 Å². The van der Waals surface area contributed by atoms with Gasteiger partial charge in [0.05, 0.1) is 11.4 Å². The van der Waals surface area contributed by atoms with Crippen LogP contribution in [0.15, 0.2) is 24.3 Å². The maximum atomic E-state index is 5.78. The molecule has 0 aromatic heterocycles. The van der Waals surface area contributed by atoms with Crippen molar-refractivity contribution in [3.63, 3.8) is 0 Å². The van der Waals surface area contributed by atoms with Gasteiger partial charge < -0.3 is 11.5 Å². The first-order chi connectivity index (χ1) is 6.59. The van der Waals surface area contributed by atoms with Crippen molar-refractivity contribution >= 4 is 22.1 Å². The molecule has 0 unspecified atom stereocenters. The topological polar surface area (TPSA) is 52.0 Å². The van der Waals surface area contributed by atoms with Crippen molar-refractivity contribution in [2.45, 2.75) is 13.8 Å². The molecule has 0 amide bonds. The zero-order chi connectivity index (χ0) is 10.3. The molecule has 72 valence electrons. The van der Waals surface area contributed by atoms with Gasteiger partial charge in [0.15, 0.2) is 0 Å². The Balaban J connectivity index is 2.94. The average Bonchev–Trinajstić information content (AvgIpc) is 2.15. The number of nitrogen functional groups attached to an aromatic ring is 2. The second kappa shape index (κ2) is 2.91. The van der Waals surface area contributed by atoms with E-state index >= 15 is 0 Å². The highest BCUT2D eigenvalue weighted by Crippen LogP contribution is 2.28. The third kappa shape index (κ3) is 1.20. The fourth-order valence-electron chi connectivity index (χ4n) is 1.72. The summed E-state index contributed by atoms with van der Waals surface area (Å²) in [5.41, 5.74) is 15.3. The van der Waals surface area contributed by atoms with Crippen molar-refractivity contribution in [3.05, 3.63) is 35.4 Å². The highest BCUT2D eigenvalue weighted by molar-refractivity contribution is 5.94. The van der Waals surface area contributed by atoms with Gasteiger partial charge in [-0.25, -0.2) is 0 Å². The molecule has 4 N–H and O–H groups in total. The molecule has 0 saturated carbocycles. The van der Waals surface area contributed by atoms with Gasteiger partial charge in [-0.05, 0) is 47.9 Å². The highest BCUT2D eigenvalue weighted by Gasteiger charge is 2.03. The summed E-state index contributed by atoms with van der Waals surface area (Å²) in [6, 6.07) is 8.11. The Labute approximate surface area is 83.5 Å². The first-order valence-corrected chi connectivity index (χ1v) is 4.64. The van der Waals surface area contributed by atoms with Gasteiger partial charge in [-0.2, -0.15) is 0 Å². The first-order valence-electron chi connectivity index (χ1n) is 4.64. The Morgan fingerprint density at radius 2 is 1.14 bits per heavy atom. The monoisotopic (exact) mass is 186 g/mol. The van der Waals surface area contributed by atoms with Gasteiger partial charge in [-0.1, -0.05) is 12.1 Å². The Hall–Kier alpha value is -1.70. The van der Waals surface area contributed by atoms with Gasteiger partial charge in [0.25, 0.3) is 0 Å². The van der Waals surface area contributed by atoms with Crippen LogP contribution in [0.3, 0.4) is 0 Å². The van der Waals surface area contributed by atoms with Crippen LogP contribution in [0.1, 0.15) is 11.1 Å². The number of fused-ring (bicyclic) bond motifs is 1. The van der Waals surface area contributed by atoms with Crippen LogP contribution in [0.2, 0.25) is 0 Å². The van der Waals surface area contributed by atoms with E-state index in [1.807, 2.05) is 12.1 Å². The maximum absolute atomic E-state index is 5.78. The second-order valence-electron chi connectivity index (χ2n) is 3.73. The molecule has 2 rings (SSSR count). The van der Waals surface area contributed by atoms with E-state index in [0.717, 1.165) is 0 Å². The van der Waals surface area contributed by atoms with E-state index in [9.17, 15) is 0 Å². The molecule has 2 nitrogen and oxygen atoms in total. The van der Waals surface area contributed by atoms with Crippen molar-refractivity contribution in [1.29, 1.82) is 0 Å². The molecule has 0 aliphatic carbocycles. The van der Waals surface area contributed by atoms with Gasteiger partial charge in [-0.3, -0.25) is 0 Å². The van der Waals surface area contributed by atoms with Gasteiger partial charge in [0, 0.05) is 0 Å². The lowest BCUT2D eigenvalue weighted by Gasteiger charge is -2.08. The predicted molar refractivity (Wildman–Crippen MR) is 62.2 cm³/mol. The minimum Gasteiger partial charge on any atom is -0.397 e. The number of aryl methyl sites for hydroxylation is 2. The molecule has 0 spiro atoms. The quantitative estimate of drug-likeness (QED) is 0.621. The maximum Gasteiger partial charge on any atom is 0.0554 e. The molecular weight excluding hydrogens is 172 g/mol. The number of rotatable bonds is 0. The third-order valence-electron chi connectivity index (χ3n) is 2.66. The minimum absolute atomic E-state index is 0.659. The number of anilines is 2. The van der Waals surface area contributed by atoms with Crippen molar-refractivity contribution in [3.8, 4) is 0 Å². The lowest BCUT2D eigenvalue weighted by atomic mass is 10.00. The molecule has 0 heterocycles. The zero-order valence-corrected chi connectivity index (χ0v) is 8.46. The van der Waals surface area contributed by atoms with E-state index in [4.69, 9.17) is 11.5 Å². The lowest BCUT2D eigenvalue weighted by Crippen LogP contribution is -1.95. The minimum atomic E-state index is 0.659. The summed E-state index contributed by atoms with van der Waals surface area (Å²) in [5, 5.41) is 2.38. The zero-order valence-electron chi connectivity index (χ0n) is 8.46. The van der Waals surface area contributed by atoms with Crippen LogP contribution in [0, 0.1) is 13.8 Å². The van der Waals surface area contributed by atoms with Crippen LogP contribution in [0.5, 0.6) is 0 Å². The first kappa shape index (κ1) is 8.88. The Kier molecular flexibility index (Phi) is 1.84. The van der Waals surface area contributed by atoms with Gasteiger partial charge in [0.1, 0.15) is 0 Å². The molecule has 2 aromatic rings. The summed E-state index contributed by atoms with van der Waals surface area (Å²) in [7, 11) is 0. The molecule has 0 aliphatic rings. The fourth-order valence-corrected chi connectivity index (χ4v) is 1.72. The van der Waals surface area contributed by atoms with Crippen LogP contribution < -0.4 is 11.5 Å². The molecule has 0 radical (unpaired) electrons. The predicted octanol–water partition coefficient (Wildman–Crippen LogP) is 2.62. The van der Waals surface area contributed by atoms with Crippen molar-refractivity contribution in [2.75, 3.05) is 11.5 Å². The van der Waals surface area contributed by atoms with Gasteiger partial charge in [-0.15, -0.1) is 0 Å². The molecular formula is C12H14N2. The van der Waals surface area contributed by atoms with Crippen LogP contribution in [0.4, 0.5) is 11.4 Å². The van der Waals surface area contributed by atoms with Crippen LogP contribution >= 0.6 is 0 Å². The Morgan fingerprint density at radius 3 is 1.50 bits per heavy atom. The molecule has 0 atom stereocenters. The smallest absolute Gasteiger partial charge is 0.0554 e. The van der Waals surface area contributed by atoms with E-state index in [-0.39, 0.29) is 0 Å². The molecule has 2 aromatic carbocycles. The third-order valence-corrected chi connectivity index (χ3v) is 2.66. The highest BCUT2D eigenvalue weighted by atomic mass is 14.7. The number of hydrogen-bond acceptors (Lipinski definition) is 2. The van der Waals surface area contributed by atoms with Crippen molar-refractivity contribution in [2.24, 2.45) is 0 Å². The summed E-state index contributed by atoms with van der Waals surface area (Å²) in [5.74, 6) is 0. The number of benzene rings is 2. The summed E-state index contributed by atoms with van der Waals surface area (Å²) >= 11 is 0. The molecule has 0 saturated heterocycles. The summed E-state index contributed by atoms with van der Waals surface area (Å²) in [4.78, 5) is 0. The van der Waals surface area contributed by atoms with Gasteiger partial charge >= 0.3 is 0 Å². The second-order valence-corrected chi connectivity index (χ2v) is 3.73. The average molecular weight is 186 g/mol. The number of hydrogen-bond donors (Lipinski definition) is 2. The van der Waals surface area contributed by atoms with E-state index < -0.39 is 0 Å². The molecule has 14 heavy (non-hydrogen) atoms. The standard InChI is InChI=1S/C12H14N2/c1-7-3-4-8(2)10-6-12(14)11(13)5-9(7)10/h3-6H,13-14H2,1-2H3. The largest absolute Gasteiger partial charge is 0.397 e. The molecule has 0 aliphatic heterocycles. The Morgan fingerprint density at radius 1 is 0.786 bits per heavy atom. The fraction of sp³-hybridized carbons (Fsp3) is 0.167. The van der Waals surface area contributed by atoms with E-state index in [1.165, 1.54) is 21.9 Å². The summed E-state index contributed by atoms with van der Waals surface area (Å²) in [6.45, 7) is 4.16. The molecule has 0 fully saturated rings. The van der Waals surface area contributed by atoms with Gasteiger partial charge in [0.2, 0.25) is 0 Å². The van der Waals surface area contributed by atoms with Crippen LogP contribution in [-0.2, 0) is 0 Å². The van der Waals surface area contributed by atoms with E-state index in [0.29, 0.717) is 11.4 Å². The lowest BCUT2D eigenvalue weighted by molar-refractivity contribution is 1.46. The normalized spacial score (nSPS) is 10.7. The summed E-state index contributed by atoms with van der Waals surface area (Å²) < 4.78 is 0. The Bertz CT molecular complexity index is 455.